The van der Waals surface area contributed by atoms with Crippen LogP contribution in [0.2, 0.25) is 0 Å². The summed E-state index contributed by atoms with van der Waals surface area (Å²) in [6.45, 7) is 3.74. The highest BCUT2D eigenvalue weighted by Crippen LogP contribution is 2.18. The molecule has 1 fully saturated rings. The van der Waals surface area contributed by atoms with Gasteiger partial charge in [0, 0.05) is 38.3 Å². The number of benzene rings is 1. The molecule has 1 aliphatic heterocycles. The van der Waals surface area contributed by atoms with Crippen LogP contribution < -0.4 is 10.6 Å². The van der Waals surface area contributed by atoms with Crippen molar-refractivity contribution in [2.75, 3.05) is 36.8 Å². The zero-order valence-electron chi connectivity index (χ0n) is 12.9. The first-order valence-corrected chi connectivity index (χ1v) is 7.75. The number of nitrogens with zero attached hydrogens (tertiary/aromatic N) is 3. The Labute approximate surface area is 134 Å². The van der Waals surface area contributed by atoms with Gasteiger partial charge in [0.2, 0.25) is 0 Å². The molecule has 1 aromatic carbocycles. The zero-order chi connectivity index (χ0) is 16.2. The van der Waals surface area contributed by atoms with Crippen LogP contribution in [0.5, 0.6) is 0 Å². The predicted octanol–water partition coefficient (Wildman–Crippen LogP) is 2.65. The van der Waals surface area contributed by atoms with Crippen LogP contribution in [0.3, 0.4) is 0 Å². The highest BCUT2D eigenvalue weighted by molar-refractivity contribution is 5.45. The van der Waals surface area contributed by atoms with Crippen LogP contribution in [-0.4, -0.2) is 36.1 Å². The average molecular weight is 318 g/mol. The number of pyridine rings is 1. The first-order chi connectivity index (χ1) is 11.1. The number of nitrogens with two attached hydrogens (primary N) is 1. The Morgan fingerprint density at radius 3 is 2.70 bits per heavy atom. The molecule has 0 bridgehead atoms. The maximum absolute atomic E-state index is 13.8. The summed E-state index contributed by atoms with van der Waals surface area (Å²) in [5.74, 6) is -0.628. The van der Waals surface area contributed by atoms with Crippen LogP contribution >= 0.6 is 0 Å². The molecule has 2 heterocycles. The summed E-state index contributed by atoms with van der Waals surface area (Å²) in [4.78, 5) is 8.69. The van der Waals surface area contributed by atoms with Gasteiger partial charge in [-0.25, -0.2) is 13.8 Å². The molecule has 122 valence electrons. The van der Waals surface area contributed by atoms with E-state index in [9.17, 15) is 8.78 Å². The van der Waals surface area contributed by atoms with E-state index in [-0.39, 0.29) is 0 Å². The van der Waals surface area contributed by atoms with E-state index in [0.717, 1.165) is 44.5 Å². The first kappa shape index (κ1) is 15.7. The molecule has 1 aromatic heterocycles. The van der Waals surface area contributed by atoms with Crippen molar-refractivity contribution in [3.8, 4) is 0 Å². The van der Waals surface area contributed by atoms with E-state index in [1.54, 1.807) is 18.3 Å². The van der Waals surface area contributed by atoms with Crippen LogP contribution in [0.15, 0.2) is 36.5 Å². The van der Waals surface area contributed by atoms with Crippen molar-refractivity contribution in [2.24, 2.45) is 0 Å². The maximum Gasteiger partial charge on any atom is 0.163 e. The lowest BCUT2D eigenvalue weighted by molar-refractivity contribution is 0.279. The number of rotatable bonds is 3. The molecule has 23 heavy (non-hydrogen) atoms. The van der Waals surface area contributed by atoms with E-state index in [1.807, 2.05) is 12.1 Å². The van der Waals surface area contributed by atoms with Gasteiger partial charge in [-0.15, -0.1) is 0 Å². The Morgan fingerprint density at radius 1 is 1.04 bits per heavy atom. The Balaban J connectivity index is 1.64. The third-order valence-corrected chi connectivity index (χ3v) is 4.11. The summed E-state index contributed by atoms with van der Waals surface area (Å²) < 4.78 is 27.1. The Kier molecular flexibility index (Phi) is 4.71. The molecule has 6 heteroatoms. The number of hydrogen-bond acceptors (Lipinski definition) is 4. The molecule has 0 amide bonds. The fourth-order valence-corrected chi connectivity index (χ4v) is 2.85. The van der Waals surface area contributed by atoms with Crippen LogP contribution in [0, 0.1) is 11.6 Å². The van der Waals surface area contributed by atoms with Gasteiger partial charge in [0.25, 0.3) is 0 Å². The lowest BCUT2D eigenvalue weighted by Gasteiger charge is -2.23. The van der Waals surface area contributed by atoms with Gasteiger partial charge in [-0.2, -0.15) is 0 Å². The van der Waals surface area contributed by atoms with Gasteiger partial charge in [0.05, 0.1) is 11.9 Å². The quantitative estimate of drug-likeness (QED) is 0.945. The summed E-state index contributed by atoms with van der Waals surface area (Å²) in [6, 6.07) is 8.10. The number of aromatic nitrogens is 1. The molecule has 0 radical (unpaired) electrons. The van der Waals surface area contributed by atoms with E-state index >= 15 is 0 Å². The molecule has 0 spiro atoms. The van der Waals surface area contributed by atoms with Crippen LogP contribution in [-0.2, 0) is 6.54 Å². The summed E-state index contributed by atoms with van der Waals surface area (Å²) in [7, 11) is 0. The van der Waals surface area contributed by atoms with E-state index in [2.05, 4.69) is 14.8 Å². The molecule has 2 aromatic rings. The van der Waals surface area contributed by atoms with Crippen molar-refractivity contribution in [2.45, 2.75) is 13.0 Å². The lowest BCUT2D eigenvalue weighted by Crippen LogP contribution is -2.31. The Morgan fingerprint density at radius 2 is 1.91 bits per heavy atom. The van der Waals surface area contributed by atoms with Crippen molar-refractivity contribution in [1.82, 2.24) is 9.88 Å². The zero-order valence-corrected chi connectivity index (χ0v) is 12.9. The largest absolute Gasteiger partial charge is 0.397 e. The minimum Gasteiger partial charge on any atom is -0.397 e. The maximum atomic E-state index is 13.8. The summed E-state index contributed by atoms with van der Waals surface area (Å²) in [5, 5.41) is 0. The smallest absolute Gasteiger partial charge is 0.163 e. The SMILES string of the molecule is Nc1ccc(N2CCCN(Cc3cccc(F)c3F)CC2)nc1. The highest BCUT2D eigenvalue weighted by atomic mass is 19.2. The molecule has 1 aliphatic rings. The third kappa shape index (κ3) is 3.76. The van der Waals surface area contributed by atoms with Gasteiger partial charge in [-0.3, -0.25) is 4.90 Å². The van der Waals surface area contributed by atoms with Gasteiger partial charge in [0.15, 0.2) is 11.6 Å². The van der Waals surface area contributed by atoms with Gasteiger partial charge in [-0.05, 0) is 24.6 Å². The molecule has 3 rings (SSSR count). The van der Waals surface area contributed by atoms with Crippen molar-refractivity contribution in [3.63, 3.8) is 0 Å². The summed E-state index contributed by atoms with van der Waals surface area (Å²) in [6.07, 6.45) is 2.60. The number of hydrogen-bond donors (Lipinski definition) is 1. The van der Waals surface area contributed by atoms with Gasteiger partial charge >= 0.3 is 0 Å². The molecule has 1 saturated heterocycles. The Bertz CT molecular complexity index is 660. The van der Waals surface area contributed by atoms with E-state index < -0.39 is 11.6 Å². The van der Waals surface area contributed by atoms with Crippen molar-refractivity contribution in [1.29, 1.82) is 0 Å². The van der Waals surface area contributed by atoms with Gasteiger partial charge in [-0.1, -0.05) is 12.1 Å². The molecule has 0 unspecified atom stereocenters. The second-order valence-electron chi connectivity index (χ2n) is 5.78. The Hall–Kier alpha value is -2.21. The predicted molar refractivity (Wildman–Crippen MR) is 87.1 cm³/mol. The second-order valence-corrected chi connectivity index (χ2v) is 5.78. The van der Waals surface area contributed by atoms with Crippen LogP contribution in [0.4, 0.5) is 20.3 Å². The third-order valence-electron chi connectivity index (χ3n) is 4.11. The average Bonchev–Trinajstić information content (AvgIpc) is 2.78. The van der Waals surface area contributed by atoms with Crippen molar-refractivity contribution < 1.29 is 8.78 Å². The monoisotopic (exact) mass is 318 g/mol. The highest BCUT2D eigenvalue weighted by Gasteiger charge is 2.18. The molecular weight excluding hydrogens is 298 g/mol. The van der Waals surface area contributed by atoms with Gasteiger partial charge in [0.1, 0.15) is 5.82 Å². The van der Waals surface area contributed by atoms with E-state index in [4.69, 9.17) is 5.73 Å². The lowest BCUT2D eigenvalue weighted by atomic mass is 10.2. The normalized spacial score (nSPS) is 16.3. The van der Waals surface area contributed by atoms with Crippen LogP contribution in [0.1, 0.15) is 12.0 Å². The molecule has 0 saturated carbocycles. The molecule has 4 nitrogen and oxygen atoms in total. The first-order valence-electron chi connectivity index (χ1n) is 7.75. The molecular formula is C17H20F2N4. The number of anilines is 2. The van der Waals surface area contributed by atoms with Crippen molar-refractivity contribution in [3.05, 3.63) is 53.7 Å². The molecule has 2 N–H and O–H groups in total. The fourth-order valence-electron chi connectivity index (χ4n) is 2.85. The fraction of sp³-hybridized carbons (Fsp3) is 0.353. The number of halogens is 2. The second kappa shape index (κ2) is 6.91. The number of nitrogen functional groups attached to an aromatic ring is 1. The van der Waals surface area contributed by atoms with Crippen molar-refractivity contribution >= 4 is 11.5 Å². The summed E-state index contributed by atoms with van der Waals surface area (Å²) >= 11 is 0. The standard InChI is InChI=1S/C17H20F2N4/c18-15-4-1-3-13(17(15)19)12-22-7-2-8-23(10-9-22)16-6-5-14(20)11-21-16/h1,3-6,11H,2,7-10,12,20H2. The molecule has 0 atom stereocenters. The van der Waals surface area contributed by atoms with Gasteiger partial charge < -0.3 is 10.6 Å². The topological polar surface area (TPSA) is 45.4 Å². The summed E-state index contributed by atoms with van der Waals surface area (Å²) in [5.41, 5.74) is 6.72. The van der Waals surface area contributed by atoms with E-state index in [0.29, 0.717) is 17.8 Å². The minimum absolute atomic E-state index is 0.407. The molecule has 0 aliphatic carbocycles. The minimum atomic E-state index is -0.787. The van der Waals surface area contributed by atoms with E-state index in [1.165, 1.54) is 0 Å². The van der Waals surface area contributed by atoms with Crippen LogP contribution in [0.25, 0.3) is 0 Å².